The summed E-state index contributed by atoms with van der Waals surface area (Å²) in [5, 5.41) is 2.05. The van der Waals surface area contributed by atoms with E-state index in [9.17, 15) is 17.6 Å². The maximum absolute atomic E-state index is 13.1. The molecule has 0 aliphatic heterocycles. The number of rotatable bonds is 2. The van der Waals surface area contributed by atoms with Gasteiger partial charge in [-0.2, -0.15) is 13.2 Å². The van der Waals surface area contributed by atoms with Crippen molar-refractivity contribution in [3.8, 4) is 0 Å². The average Bonchev–Trinajstić information content (AvgIpc) is 2.32. The summed E-state index contributed by atoms with van der Waals surface area (Å²) in [4.78, 5) is 6.74. The minimum Gasteiger partial charge on any atom is -0.340 e. The topological polar surface area (TPSA) is 37.8 Å². The fraction of sp³-hybridized carbons (Fsp3) is 0.167. The SMILES string of the molecule is Cc1ccc(F)cc1Nc1cc(C(F)(F)F)nc(Cl)n1. The molecule has 0 aliphatic rings. The number of benzene rings is 1. The number of nitrogens with one attached hydrogen (secondary N) is 1. The van der Waals surface area contributed by atoms with Crippen LogP contribution in [0.5, 0.6) is 0 Å². The first kappa shape index (κ1) is 14.5. The lowest BCUT2D eigenvalue weighted by molar-refractivity contribution is -0.141. The monoisotopic (exact) mass is 305 g/mol. The Morgan fingerprint density at radius 2 is 1.85 bits per heavy atom. The lowest BCUT2D eigenvalue weighted by Crippen LogP contribution is -2.10. The number of aryl methyl sites for hydroxylation is 1. The second-order valence-corrected chi connectivity index (χ2v) is 4.33. The smallest absolute Gasteiger partial charge is 0.340 e. The summed E-state index contributed by atoms with van der Waals surface area (Å²) >= 11 is 5.46. The van der Waals surface area contributed by atoms with Crippen LogP contribution in [0.3, 0.4) is 0 Å². The molecule has 0 spiro atoms. The highest BCUT2D eigenvalue weighted by Crippen LogP contribution is 2.30. The molecule has 0 fully saturated rings. The summed E-state index contributed by atoms with van der Waals surface area (Å²) < 4.78 is 50.9. The van der Waals surface area contributed by atoms with E-state index in [1.165, 1.54) is 12.1 Å². The van der Waals surface area contributed by atoms with Crippen molar-refractivity contribution in [1.29, 1.82) is 0 Å². The van der Waals surface area contributed by atoms with Gasteiger partial charge in [-0.25, -0.2) is 14.4 Å². The maximum atomic E-state index is 13.1. The van der Waals surface area contributed by atoms with Crippen molar-refractivity contribution >= 4 is 23.1 Å². The van der Waals surface area contributed by atoms with Crippen LogP contribution in [0.25, 0.3) is 0 Å². The molecule has 0 atom stereocenters. The summed E-state index contributed by atoms with van der Waals surface area (Å²) in [6.07, 6.45) is -4.64. The minimum absolute atomic E-state index is 0.161. The van der Waals surface area contributed by atoms with Gasteiger partial charge in [0.15, 0.2) is 5.69 Å². The number of aromatic nitrogens is 2. The highest BCUT2D eigenvalue weighted by Gasteiger charge is 2.33. The van der Waals surface area contributed by atoms with Crippen LogP contribution < -0.4 is 5.32 Å². The summed E-state index contributed by atoms with van der Waals surface area (Å²) in [5.41, 5.74) is -0.225. The number of hydrogen-bond acceptors (Lipinski definition) is 3. The second-order valence-electron chi connectivity index (χ2n) is 3.99. The summed E-state index contributed by atoms with van der Waals surface area (Å²) in [6.45, 7) is 1.68. The third-order valence-electron chi connectivity index (χ3n) is 2.45. The van der Waals surface area contributed by atoms with E-state index in [2.05, 4.69) is 15.3 Å². The van der Waals surface area contributed by atoms with Crippen molar-refractivity contribution in [2.24, 2.45) is 0 Å². The van der Waals surface area contributed by atoms with Crippen molar-refractivity contribution in [3.05, 3.63) is 46.6 Å². The molecule has 0 saturated heterocycles. The predicted molar refractivity (Wildman–Crippen MR) is 66.5 cm³/mol. The first-order valence-corrected chi connectivity index (χ1v) is 5.78. The molecule has 1 heterocycles. The molecule has 1 aromatic carbocycles. The van der Waals surface area contributed by atoms with Gasteiger partial charge >= 0.3 is 6.18 Å². The first-order chi connectivity index (χ1) is 9.25. The Balaban J connectivity index is 2.39. The van der Waals surface area contributed by atoms with Crippen LogP contribution in [0.4, 0.5) is 29.1 Å². The largest absolute Gasteiger partial charge is 0.433 e. The van der Waals surface area contributed by atoms with Gasteiger partial charge in [-0.1, -0.05) is 6.07 Å². The van der Waals surface area contributed by atoms with Gasteiger partial charge in [0.25, 0.3) is 0 Å². The van der Waals surface area contributed by atoms with Crippen LogP contribution in [0.15, 0.2) is 24.3 Å². The quantitative estimate of drug-likeness (QED) is 0.662. The Bertz CT molecular complexity index is 643. The number of halogens is 5. The molecular formula is C12H8ClF4N3. The lowest BCUT2D eigenvalue weighted by Gasteiger charge is -2.11. The van der Waals surface area contributed by atoms with Gasteiger partial charge in [0.1, 0.15) is 11.6 Å². The Hall–Kier alpha value is -1.89. The van der Waals surface area contributed by atoms with Crippen LogP contribution in [0.2, 0.25) is 5.28 Å². The van der Waals surface area contributed by atoms with Gasteiger partial charge < -0.3 is 5.32 Å². The first-order valence-electron chi connectivity index (χ1n) is 5.40. The molecule has 0 bridgehead atoms. The van der Waals surface area contributed by atoms with Gasteiger partial charge in [0.2, 0.25) is 5.28 Å². The number of nitrogens with zero attached hydrogens (tertiary/aromatic N) is 2. The van der Waals surface area contributed by atoms with E-state index in [-0.39, 0.29) is 5.82 Å². The van der Waals surface area contributed by atoms with Gasteiger partial charge in [-0.3, -0.25) is 0 Å². The van der Waals surface area contributed by atoms with E-state index in [1.54, 1.807) is 6.92 Å². The molecule has 106 valence electrons. The van der Waals surface area contributed by atoms with E-state index in [0.29, 0.717) is 17.3 Å². The average molecular weight is 306 g/mol. The molecule has 0 aliphatic carbocycles. The van der Waals surface area contributed by atoms with Crippen LogP contribution in [0.1, 0.15) is 11.3 Å². The van der Waals surface area contributed by atoms with Crippen LogP contribution in [0, 0.1) is 12.7 Å². The van der Waals surface area contributed by atoms with E-state index in [4.69, 9.17) is 11.6 Å². The molecule has 1 N–H and O–H groups in total. The molecule has 0 unspecified atom stereocenters. The van der Waals surface area contributed by atoms with Crippen molar-refractivity contribution < 1.29 is 17.6 Å². The predicted octanol–water partition coefficient (Wildman–Crippen LogP) is 4.34. The normalized spacial score (nSPS) is 11.5. The summed E-state index contributed by atoms with van der Waals surface area (Å²) in [6, 6.07) is 4.59. The minimum atomic E-state index is -4.64. The van der Waals surface area contributed by atoms with Crippen molar-refractivity contribution in [1.82, 2.24) is 9.97 Å². The Kier molecular flexibility index (Phi) is 3.80. The fourth-order valence-electron chi connectivity index (χ4n) is 1.49. The molecule has 1 aromatic heterocycles. The molecule has 8 heteroatoms. The van der Waals surface area contributed by atoms with Crippen molar-refractivity contribution in [2.75, 3.05) is 5.32 Å². The fourth-order valence-corrected chi connectivity index (χ4v) is 1.68. The maximum Gasteiger partial charge on any atom is 0.433 e. The Morgan fingerprint density at radius 3 is 2.50 bits per heavy atom. The molecule has 2 aromatic rings. The molecule has 0 amide bonds. The molecule has 20 heavy (non-hydrogen) atoms. The van der Waals surface area contributed by atoms with E-state index < -0.39 is 23.0 Å². The van der Waals surface area contributed by atoms with Crippen molar-refractivity contribution in [3.63, 3.8) is 0 Å². The standard InChI is InChI=1S/C12H8ClF4N3/c1-6-2-3-7(14)4-8(6)18-10-5-9(12(15,16)17)19-11(13)20-10/h2-5H,1H3,(H,18,19,20). The third kappa shape index (κ3) is 3.36. The van der Waals surface area contributed by atoms with Crippen LogP contribution in [-0.2, 0) is 6.18 Å². The summed E-state index contributed by atoms with van der Waals surface area (Å²) in [7, 11) is 0. The zero-order valence-corrected chi connectivity index (χ0v) is 10.8. The number of hydrogen-bond donors (Lipinski definition) is 1. The van der Waals surface area contributed by atoms with Crippen LogP contribution in [-0.4, -0.2) is 9.97 Å². The van der Waals surface area contributed by atoms with E-state index >= 15 is 0 Å². The Morgan fingerprint density at radius 1 is 1.15 bits per heavy atom. The number of anilines is 2. The summed E-state index contributed by atoms with van der Waals surface area (Å²) in [5.74, 6) is -0.680. The molecule has 2 rings (SSSR count). The van der Waals surface area contributed by atoms with Crippen molar-refractivity contribution in [2.45, 2.75) is 13.1 Å². The van der Waals surface area contributed by atoms with Crippen LogP contribution >= 0.6 is 11.6 Å². The van der Waals surface area contributed by atoms with Gasteiger partial charge in [-0.15, -0.1) is 0 Å². The molecular weight excluding hydrogens is 298 g/mol. The van der Waals surface area contributed by atoms with Gasteiger partial charge in [-0.05, 0) is 36.2 Å². The van der Waals surface area contributed by atoms with Gasteiger partial charge in [0.05, 0.1) is 0 Å². The lowest BCUT2D eigenvalue weighted by atomic mass is 10.2. The molecule has 0 saturated carbocycles. The zero-order valence-electron chi connectivity index (χ0n) is 10.1. The molecule has 0 radical (unpaired) electrons. The van der Waals surface area contributed by atoms with Gasteiger partial charge in [0, 0.05) is 11.8 Å². The highest BCUT2D eigenvalue weighted by atomic mass is 35.5. The third-order valence-corrected chi connectivity index (χ3v) is 2.62. The van der Waals surface area contributed by atoms with E-state index in [0.717, 1.165) is 6.07 Å². The highest BCUT2D eigenvalue weighted by molar-refractivity contribution is 6.28. The number of alkyl halides is 3. The van der Waals surface area contributed by atoms with E-state index in [1.807, 2.05) is 0 Å². The zero-order chi connectivity index (χ0) is 14.9. The molecule has 3 nitrogen and oxygen atoms in total. The Labute approximate surface area is 116 Å². The second kappa shape index (κ2) is 5.24.